The number of rotatable bonds is 4. The molecular weight excluding hydrogens is 212 g/mol. The third-order valence-electron chi connectivity index (χ3n) is 3.42. The van der Waals surface area contributed by atoms with Crippen LogP contribution in [0.4, 0.5) is 5.69 Å². The zero-order valence-electron chi connectivity index (χ0n) is 10.1. The SMILES string of the molecule is CCOC1CC(Nc2ccc3[nH]ccc3c2)C1. The molecule has 3 heteroatoms. The van der Waals surface area contributed by atoms with Crippen LogP contribution in [0.2, 0.25) is 0 Å². The quantitative estimate of drug-likeness (QED) is 0.846. The molecule has 0 amide bonds. The predicted octanol–water partition coefficient (Wildman–Crippen LogP) is 3.15. The van der Waals surface area contributed by atoms with Crippen LogP contribution in [0.25, 0.3) is 10.9 Å². The molecule has 1 heterocycles. The van der Waals surface area contributed by atoms with E-state index in [1.165, 1.54) is 16.6 Å². The number of hydrogen-bond acceptors (Lipinski definition) is 2. The summed E-state index contributed by atoms with van der Waals surface area (Å²) in [5, 5.41) is 4.81. The van der Waals surface area contributed by atoms with Gasteiger partial charge in [-0.2, -0.15) is 0 Å². The van der Waals surface area contributed by atoms with Crippen LogP contribution in [0.5, 0.6) is 0 Å². The third-order valence-corrected chi connectivity index (χ3v) is 3.42. The van der Waals surface area contributed by atoms with E-state index in [0.717, 1.165) is 19.4 Å². The summed E-state index contributed by atoms with van der Waals surface area (Å²) in [4.78, 5) is 3.20. The molecule has 0 aliphatic heterocycles. The van der Waals surface area contributed by atoms with Gasteiger partial charge in [-0.25, -0.2) is 0 Å². The minimum absolute atomic E-state index is 0.466. The Hall–Kier alpha value is -1.48. The normalized spacial score (nSPS) is 23.6. The van der Waals surface area contributed by atoms with E-state index in [-0.39, 0.29) is 0 Å². The molecule has 90 valence electrons. The van der Waals surface area contributed by atoms with Crippen molar-refractivity contribution in [2.45, 2.75) is 31.9 Å². The highest BCUT2D eigenvalue weighted by molar-refractivity contribution is 5.83. The lowest BCUT2D eigenvalue weighted by Gasteiger charge is -2.36. The predicted molar refractivity (Wildman–Crippen MR) is 70.4 cm³/mol. The summed E-state index contributed by atoms with van der Waals surface area (Å²) in [6, 6.07) is 9.12. The van der Waals surface area contributed by atoms with Gasteiger partial charge in [-0.15, -0.1) is 0 Å². The lowest BCUT2D eigenvalue weighted by molar-refractivity contribution is 0.00300. The van der Waals surface area contributed by atoms with Crippen molar-refractivity contribution in [2.75, 3.05) is 11.9 Å². The first-order valence-corrected chi connectivity index (χ1v) is 6.30. The molecule has 1 aromatic heterocycles. The highest BCUT2D eigenvalue weighted by Gasteiger charge is 2.29. The van der Waals surface area contributed by atoms with Gasteiger partial charge < -0.3 is 15.0 Å². The number of hydrogen-bond donors (Lipinski definition) is 2. The van der Waals surface area contributed by atoms with Crippen LogP contribution in [0.15, 0.2) is 30.5 Å². The standard InChI is InChI=1S/C14H18N2O/c1-2-17-13-8-12(9-13)16-11-3-4-14-10(7-11)5-6-15-14/h3-7,12-13,15-16H,2,8-9H2,1H3. The number of aromatic amines is 1. The van der Waals surface area contributed by atoms with Crippen molar-refractivity contribution in [3.63, 3.8) is 0 Å². The van der Waals surface area contributed by atoms with Gasteiger partial charge in [-0.3, -0.25) is 0 Å². The van der Waals surface area contributed by atoms with E-state index in [4.69, 9.17) is 4.74 Å². The third kappa shape index (κ3) is 2.15. The van der Waals surface area contributed by atoms with Gasteiger partial charge in [0.15, 0.2) is 0 Å². The molecule has 3 rings (SSSR count). The average Bonchev–Trinajstić information content (AvgIpc) is 2.73. The van der Waals surface area contributed by atoms with Crippen molar-refractivity contribution in [1.29, 1.82) is 0 Å². The Morgan fingerprint density at radius 2 is 2.24 bits per heavy atom. The van der Waals surface area contributed by atoms with Gasteiger partial charge in [0, 0.05) is 35.4 Å². The smallest absolute Gasteiger partial charge is 0.0614 e. The summed E-state index contributed by atoms with van der Waals surface area (Å²) >= 11 is 0. The molecule has 0 spiro atoms. The molecule has 1 fully saturated rings. The first kappa shape index (κ1) is 10.7. The minimum atomic E-state index is 0.466. The largest absolute Gasteiger partial charge is 0.382 e. The van der Waals surface area contributed by atoms with Crippen molar-refractivity contribution in [3.05, 3.63) is 30.5 Å². The molecule has 1 saturated carbocycles. The fourth-order valence-electron chi connectivity index (χ4n) is 2.43. The van der Waals surface area contributed by atoms with Gasteiger partial charge in [0.1, 0.15) is 0 Å². The molecule has 1 aliphatic carbocycles. The Labute approximate surface area is 101 Å². The second-order valence-electron chi connectivity index (χ2n) is 4.67. The molecule has 0 atom stereocenters. The highest BCUT2D eigenvalue weighted by atomic mass is 16.5. The number of H-pyrrole nitrogens is 1. The second kappa shape index (κ2) is 4.41. The summed E-state index contributed by atoms with van der Waals surface area (Å²) in [5.41, 5.74) is 2.40. The Morgan fingerprint density at radius 3 is 3.06 bits per heavy atom. The highest BCUT2D eigenvalue weighted by Crippen LogP contribution is 2.27. The van der Waals surface area contributed by atoms with E-state index in [2.05, 4.69) is 41.5 Å². The van der Waals surface area contributed by atoms with Crippen molar-refractivity contribution < 1.29 is 4.74 Å². The van der Waals surface area contributed by atoms with Crippen LogP contribution < -0.4 is 5.32 Å². The van der Waals surface area contributed by atoms with Gasteiger partial charge in [0.2, 0.25) is 0 Å². The molecule has 0 saturated heterocycles. The monoisotopic (exact) mass is 230 g/mol. The van der Waals surface area contributed by atoms with Gasteiger partial charge in [0.05, 0.1) is 6.10 Å². The van der Waals surface area contributed by atoms with Crippen LogP contribution >= 0.6 is 0 Å². The van der Waals surface area contributed by atoms with Gasteiger partial charge in [-0.1, -0.05) is 0 Å². The van der Waals surface area contributed by atoms with Crippen LogP contribution in [-0.2, 0) is 4.74 Å². The minimum Gasteiger partial charge on any atom is -0.382 e. The summed E-state index contributed by atoms with van der Waals surface area (Å²) in [5.74, 6) is 0. The van der Waals surface area contributed by atoms with Crippen LogP contribution in [0.1, 0.15) is 19.8 Å². The molecule has 2 N–H and O–H groups in total. The Kier molecular flexibility index (Phi) is 2.77. The van der Waals surface area contributed by atoms with E-state index in [0.29, 0.717) is 12.1 Å². The van der Waals surface area contributed by atoms with Crippen molar-refractivity contribution in [2.24, 2.45) is 0 Å². The maximum absolute atomic E-state index is 5.56. The number of aromatic nitrogens is 1. The van der Waals surface area contributed by atoms with E-state index in [9.17, 15) is 0 Å². The van der Waals surface area contributed by atoms with E-state index in [1.54, 1.807) is 0 Å². The lowest BCUT2D eigenvalue weighted by atomic mass is 9.89. The first-order valence-electron chi connectivity index (χ1n) is 6.30. The molecule has 0 radical (unpaired) electrons. The Morgan fingerprint density at radius 1 is 1.35 bits per heavy atom. The number of fused-ring (bicyclic) bond motifs is 1. The van der Waals surface area contributed by atoms with E-state index < -0.39 is 0 Å². The maximum atomic E-state index is 5.56. The van der Waals surface area contributed by atoms with Crippen molar-refractivity contribution in [3.8, 4) is 0 Å². The number of anilines is 1. The van der Waals surface area contributed by atoms with E-state index >= 15 is 0 Å². The number of nitrogens with one attached hydrogen (secondary N) is 2. The molecule has 2 aromatic rings. The molecule has 17 heavy (non-hydrogen) atoms. The number of benzene rings is 1. The molecule has 3 nitrogen and oxygen atoms in total. The summed E-state index contributed by atoms with van der Waals surface area (Å²) in [6.45, 7) is 2.88. The van der Waals surface area contributed by atoms with Gasteiger partial charge in [-0.05, 0) is 44.0 Å². The van der Waals surface area contributed by atoms with E-state index in [1.807, 2.05) is 6.20 Å². The lowest BCUT2D eigenvalue weighted by Crippen LogP contribution is -2.40. The zero-order chi connectivity index (χ0) is 11.7. The molecule has 1 aromatic carbocycles. The zero-order valence-corrected chi connectivity index (χ0v) is 10.1. The number of ether oxygens (including phenoxy) is 1. The summed E-state index contributed by atoms with van der Waals surface area (Å²) in [7, 11) is 0. The van der Waals surface area contributed by atoms with Crippen molar-refractivity contribution in [1.82, 2.24) is 4.98 Å². The maximum Gasteiger partial charge on any atom is 0.0614 e. The molecule has 1 aliphatic rings. The van der Waals surface area contributed by atoms with Crippen LogP contribution in [0.3, 0.4) is 0 Å². The molecule has 0 bridgehead atoms. The second-order valence-corrected chi connectivity index (χ2v) is 4.67. The molecule has 0 unspecified atom stereocenters. The Bertz CT molecular complexity index is 500. The van der Waals surface area contributed by atoms with Gasteiger partial charge >= 0.3 is 0 Å². The fraction of sp³-hybridized carbons (Fsp3) is 0.429. The Balaban J connectivity index is 1.62. The summed E-state index contributed by atoms with van der Waals surface area (Å²) < 4.78 is 5.56. The van der Waals surface area contributed by atoms with Gasteiger partial charge in [0.25, 0.3) is 0 Å². The topological polar surface area (TPSA) is 37.0 Å². The first-order chi connectivity index (χ1) is 8.35. The van der Waals surface area contributed by atoms with Crippen LogP contribution in [-0.4, -0.2) is 23.7 Å². The average molecular weight is 230 g/mol. The van der Waals surface area contributed by atoms with Crippen LogP contribution in [0, 0.1) is 0 Å². The summed E-state index contributed by atoms with van der Waals surface area (Å²) in [6.07, 6.45) is 4.69. The molecular formula is C14H18N2O. The fourth-order valence-corrected chi connectivity index (χ4v) is 2.43. The van der Waals surface area contributed by atoms with Crippen molar-refractivity contribution >= 4 is 16.6 Å².